The third kappa shape index (κ3) is 18.2. The molecule has 0 aromatic rings. The third-order valence-corrected chi connectivity index (χ3v) is 4.36. The molecule has 0 bridgehead atoms. The number of phosphoric ester groups is 1. The molecule has 9 heteroatoms. The van der Waals surface area contributed by atoms with Crippen molar-refractivity contribution in [3.8, 4) is 0 Å². The van der Waals surface area contributed by atoms with Gasteiger partial charge in [0, 0.05) is 12.8 Å². The topological polar surface area (TPSA) is 119 Å². The van der Waals surface area contributed by atoms with Crippen LogP contribution in [0.3, 0.4) is 0 Å². The first-order valence-corrected chi connectivity index (χ1v) is 11.4. The van der Waals surface area contributed by atoms with Gasteiger partial charge in [-0.15, -0.1) is 0 Å². The fourth-order valence-corrected chi connectivity index (χ4v) is 2.73. The van der Waals surface area contributed by atoms with E-state index in [0.29, 0.717) is 12.8 Å². The molecule has 0 amide bonds. The van der Waals surface area contributed by atoms with E-state index in [1.165, 1.54) is 0 Å². The molecule has 160 valence electrons. The molecule has 0 fully saturated rings. The maximum atomic E-state index is 11.9. The van der Waals surface area contributed by atoms with Crippen molar-refractivity contribution in [3.63, 3.8) is 0 Å². The molecule has 27 heavy (non-hydrogen) atoms. The first-order valence-electron chi connectivity index (χ1n) is 9.83. The Morgan fingerprint density at radius 3 is 1.89 bits per heavy atom. The molecule has 0 aliphatic carbocycles. The highest BCUT2D eigenvalue weighted by Gasteiger charge is 2.22. The minimum Gasteiger partial charge on any atom is -0.462 e. The van der Waals surface area contributed by atoms with Gasteiger partial charge in [-0.2, -0.15) is 0 Å². The van der Waals surface area contributed by atoms with E-state index in [9.17, 15) is 14.2 Å². The zero-order valence-electron chi connectivity index (χ0n) is 16.6. The Hall–Kier alpha value is -0.950. The number of rotatable bonds is 17. The van der Waals surface area contributed by atoms with Crippen molar-refractivity contribution in [1.29, 1.82) is 0 Å². The SMILES string of the molecule is CCCCCCCC(=O)OC(COC(=O)CCCCCC)COP(=O)(O)O. The van der Waals surface area contributed by atoms with Gasteiger partial charge >= 0.3 is 19.8 Å². The van der Waals surface area contributed by atoms with Gasteiger partial charge in [0.2, 0.25) is 0 Å². The Balaban J connectivity index is 4.28. The summed E-state index contributed by atoms with van der Waals surface area (Å²) in [5.74, 6) is -0.923. The molecule has 0 aliphatic rings. The van der Waals surface area contributed by atoms with Crippen molar-refractivity contribution in [2.24, 2.45) is 0 Å². The van der Waals surface area contributed by atoms with Crippen LogP contribution < -0.4 is 0 Å². The highest BCUT2D eigenvalue weighted by Crippen LogP contribution is 2.35. The molecule has 8 nitrogen and oxygen atoms in total. The Morgan fingerprint density at radius 2 is 1.33 bits per heavy atom. The summed E-state index contributed by atoms with van der Waals surface area (Å²) in [5.41, 5.74) is 0. The highest BCUT2D eigenvalue weighted by atomic mass is 31.2. The second-order valence-electron chi connectivity index (χ2n) is 6.56. The Morgan fingerprint density at radius 1 is 0.815 bits per heavy atom. The van der Waals surface area contributed by atoms with Gasteiger partial charge in [0.1, 0.15) is 6.61 Å². The van der Waals surface area contributed by atoms with E-state index in [0.717, 1.165) is 44.9 Å². The second-order valence-corrected chi connectivity index (χ2v) is 7.80. The van der Waals surface area contributed by atoms with Crippen molar-refractivity contribution < 1.29 is 37.9 Å². The maximum absolute atomic E-state index is 11.9. The quantitative estimate of drug-likeness (QED) is 0.211. The van der Waals surface area contributed by atoms with Gasteiger partial charge in [-0.05, 0) is 12.8 Å². The summed E-state index contributed by atoms with van der Waals surface area (Å²) in [6, 6.07) is 0. The summed E-state index contributed by atoms with van der Waals surface area (Å²) in [6.07, 6.45) is 8.05. The normalized spacial score (nSPS) is 12.6. The molecule has 0 rings (SSSR count). The lowest BCUT2D eigenvalue weighted by atomic mass is 10.1. The number of carbonyl (C=O) groups excluding carboxylic acids is 2. The number of ether oxygens (including phenoxy) is 2. The molecule has 0 aromatic carbocycles. The van der Waals surface area contributed by atoms with Crippen LogP contribution in [0, 0.1) is 0 Å². The highest BCUT2D eigenvalue weighted by molar-refractivity contribution is 7.46. The fourth-order valence-electron chi connectivity index (χ4n) is 2.37. The number of esters is 2. The summed E-state index contributed by atoms with van der Waals surface area (Å²) >= 11 is 0. The molecule has 0 saturated carbocycles. The molecule has 2 N–H and O–H groups in total. The molecule has 0 heterocycles. The largest absolute Gasteiger partial charge is 0.469 e. The average Bonchev–Trinajstić information content (AvgIpc) is 2.60. The minimum atomic E-state index is -4.70. The van der Waals surface area contributed by atoms with E-state index in [1.807, 2.05) is 0 Å². The van der Waals surface area contributed by atoms with Gasteiger partial charge in [-0.1, -0.05) is 58.8 Å². The molecule has 0 spiro atoms. The van der Waals surface area contributed by atoms with Gasteiger partial charge in [-0.3, -0.25) is 14.1 Å². The van der Waals surface area contributed by atoms with Crippen molar-refractivity contribution in [2.75, 3.05) is 13.2 Å². The van der Waals surface area contributed by atoms with Crippen LogP contribution in [0.25, 0.3) is 0 Å². The number of unbranched alkanes of at least 4 members (excludes halogenated alkanes) is 7. The second kappa shape index (κ2) is 16.0. The van der Waals surface area contributed by atoms with Crippen LogP contribution in [-0.2, 0) is 28.2 Å². The number of carbonyl (C=O) groups is 2. The average molecular weight is 410 g/mol. The predicted molar refractivity (Wildman–Crippen MR) is 101 cm³/mol. The van der Waals surface area contributed by atoms with Crippen molar-refractivity contribution in [2.45, 2.75) is 90.6 Å². The number of hydrogen-bond acceptors (Lipinski definition) is 6. The molecule has 0 saturated heterocycles. The van der Waals surface area contributed by atoms with Crippen molar-refractivity contribution in [3.05, 3.63) is 0 Å². The van der Waals surface area contributed by atoms with Crippen LogP contribution in [0.1, 0.15) is 84.5 Å². The van der Waals surface area contributed by atoms with Gasteiger partial charge in [0.15, 0.2) is 6.10 Å². The number of hydrogen-bond donors (Lipinski definition) is 2. The standard InChI is InChI=1S/C18H35O8P/c1-3-5-7-9-11-13-18(20)26-16(15-25-27(21,22)23)14-24-17(19)12-10-8-6-4-2/h16H,3-15H2,1-2H3,(H2,21,22,23). The fraction of sp³-hybridized carbons (Fsp3) is 0.889. The molecular formula is C18H35O8P. The maximum Gasteiger partial charge on any atom is 0.469 e. The monoisotopic (exact) mass is 410 g/mol. The molecule has 1 unspecified atom stereocenters. The molecule has 0 radical (unpaired) electrons. The lowest BCUT2D eigenvalue weighted by Gasteiger charge is -2.18. The summed E-state index contributed by atoms with van der Waals surface area (Å²) in [4.78, 5) is 41.2. The van der Waals surface area contributed by atoms with Crippen LogP contribution in [0.15, 0.2) is 0 Å². The van der Waals surface area contributed by atoms with Crippen LogP contribution in [-0.4, -0.2) is 41.0 Å². The van der Waals surface area contributed by atoms with E-state index in [4.69, 9.17) is 19.3 Å². The van der Waals surface area contributed by atoms with Crippen LogP contribution >= 0.6 is 7.82 Å². The molecule has 0 aliphatic heterocycles. The number of phosphoric acid groups is 1. The van der Waals surface area contributed by atoms with Crippen molar-refractivity contribution >= 4 is 19.8 Å². The third-order valence-electron chi connectivity index (χ3n) is 3.88. The smallest absolute Gasteiger partial charge is 0.462 e. The first kappa shape index (κ1) is 26.1. The molecule has 0 aromatic heterocycles. The summed E-state index contributed by atoms with van der Waals surface area (Å²) in [6.45, 7) is 3.36. The minimum absolute atomic E-state index is 0.209. The van der Waals surface area contributed by atoms with Crippen molar-refractivity contribution in [1.82, 2.24) is 0 Å². The Bertz CT molecular complexity index is 449. The zero-order chi connectivity index (χ0) is 20.5. The summed E-state index contributed by atoms with van der Waals surface area (Å²) in [5, 5.41) is 0. The zero-order valence-corrected chi connectivity index (χ0v) is 17.5. The lowest BCUT2D eigenvalue weighted by Crippen LogP contribution is -2.29. The van der Waals surface area contributed by atoms with Gasteiger partial charge in [-0.25, -0.2) is 4.57 Å². The lowest BCUT2D eigenvalue weighted by molar-refractivity contribution is -0.161. The van der Waals surface area contributed by atoms with Gasteiger partial charge in [0.25, 0.3) is 0 Å². The Labute approximate surface area is 162 Å². The van der Waals surface area contributed by atoms with Gasteiger partial charge < -0.3 is 19.3 Å². The Kier molecular flexibility index (Phi) is 15.5. The van der Waals surface area contributed by atoms with E-state index in [-0.39, 0.29) is 19.4 Å². The summed E-state index contributed by atoms with van der Waals surface area (Å²) < 4.78 is 25.5. The first-order chi connectivity index (χ1) is 12.8. The predicted octanol–water partition coefficient (Wildman–Crippen LogP) is 3.88. The van der Waals surface area contributed by atoms with Gasteiger partial charge in [0.05, 0.1) is 6.61 Å². The van der Waals surface area contributed by atoms with Crippen LogP contribution in [0.2, 0.25) is 0 Å². The van der Waals surface area contributed by atoms with Crippen LogP contribution in [0.4, 0.5) is 0 Å². The van der Waals surface area contributed by atoms with E-state index >= 15 is 0 Å². The van der Waals surface area contributed by atoms with Crippen LogP contribution in [0.5, 0.6) is 0 Å². The van der Waals surface area contributed by atoms with E-state index in [2.05, 4.69) is 18.4 Å². The van der Waals surface area contributed by atoms with E-state index in [1.54, 1.807) is 0 Å². The molecule has 1 atom stereocenters. The van der Waals surface area contributed by atoms with E-state index < -0.39 is 32.5 Å². The summed E-state index contributed by atoms with van der Waals surface area (Å²) in [7, 11) is -4.70. The molecular weight excluding hydrogens is 375 g/mol.